The van der Waals surface area contributed by atoms with Crippen LogP contribution in [0.25, 0.3) is 0 Å². The Bertz CT molecular complexity index is 990. The number of aliphatic hydroxyl groups excluding tert-OH is 1. The number of hydrogen-bond donors (Lipinski definition) is 1. The van der Waals surface area contributed by atoms with Crippen LogP contribution in [0.3, 0.4) is 0 Å². The number of carbonyl (C=O) groups is 1. The minimum Gasteiger partial charge on any atom is -0.491 e. The van der Waals surface area contributed by atoms with Crippen LogP contribution in [0, 0.1) is 0 Å². The Morgan fingerprint density at radius 1 is 1.07 bits per heavy atom. The first-order chi connectivity index (χ1) is 14.7. The number of aromatic nitrogens is 1. The lowest BCUT2D eigenvalue weighted by Gasteiger charge is -2.30. The maximum Gasteiger partial charge on any atom is 0.168 e. The van der Waals surface area contributed by atoms with Crippen LogP contribution in [-0.4, -0.2) is 46.6 Å². The van der Waals surface area contributed by atoms with Gasteiger partial charge in [0, 0.05) is 37.1 Å². The number of pyridine rings is 1. The molecule has 0 radical (unpaired) electrons. The van der Waals surface area contributed by atoms with Crippen LogP contribution in [0.2, 0.25) is 0 Å². The van der Waals surface area contributed by atoms with E-state index < -0.39 is 6.10 Å². The van der Waals surface area contributed by atoms with Gasteiger partial charge in [-0.1, -0.05) is 42.5 Å². The summed E-state index contributed by atoms with van der Waals surface area (Å²) in [6, 6.07) is 21.1. The first-order valence-electron chi connectivity index (χ1n) is 10.3. The van der Waals surface area contributed by atoms with Gasteiger partial charge >= 0.3 is 0 Å². The molecule has 0 spiro atoms. The monoisotopic (exact) mass is 402 g/mol. The third-order valence-corrected chi connectivity index (χ3v) is 5.34. The van der Waals surface area contributed by atoms with E-state index in [1.807, 2.05) is 18.2 Å². The van der Waals surface area contributed by atoms with Crippen molar-refractivity contribution in [2.75, 3.05) is 19.7 Å². The summed E-state index contributed by atoms with van der Waals surface area (Å²) in [6.45, 7) is 2.54. The summed E-state index contributed by atoms with van der Waals surface area (Å²) in [5.74, 6) is 0.580. The van der Waals surface area contributed by atoms with E-state index in [0.29, 0.717) is 17.9 Å². The minimum atomic E-state index is -0.594. The molecule has 0 saturated heterocycles. The molecule has 1 aliphatic rings. The van der Waals surface area contributed by atoms with Gasteiger partial charge in [-0.2, -0.15) is 0 Å². The molecular weight excluding hydrogens is 376 g/mol. The van der Waals surface area contributed by atoms with E-state index in [1.165, 1.54) is 11.1 Å². The van der Waals surface area contributed by atoms with Gasteiger partial charge < -0.3 is 9.84 Å². The molecule has 1 N–H and O–H groups in total. The molecule has 3 aromatic rings. The summed E-state index contributed by atoms with van der Waals surface area (Å²) in [4.78, 5) is 19.0. The van der Waals surface area contributed by atoms with Crippen molar-refractivity contribution in [3.8, 4) is 5.75 Å². The average molecular weight is 402 g/mol. The topological polar surface area (TPSA) is 62.7 Å². The fourth-order valence-corrected chi connectivity index (χ4v) is 3.78. The van der Waals surface area contributed by atoms with Crippen molar-refractivity contribution in [3.63, 3.8) is 0 Å². The lowest BCUT2D eigenvalue weighted by molar-refractivity contribution is 0.0637. The molecular formula is C25H26N2O3. The lowest BCUT2D eigenvalue weighted by Crippen LogP contribution is -2.38. The number of aliphatic hydroxyl groups is 1. The van der Waals surface area contributed by atoms with Gasteiger partial charge in [0.25, 0.3) is 0 Å². The smallest absolute Gasteiger partial charge is 0.168 e. The molecule has 1 unspecified atom stereocenters. The number of Topliss-reactive ketones (excluding diaryl/α,β-unsaturated/α-hetero) is 1. The van der Waals surface area contributed by atoms with Gasteiger partial charge in [-0.05, 0) is 41.8 Å². The van der Waals surface area contributed by atoms with Crippen molar-refractivity contribution in [3.05, 3.63) is 95.3 Å². The number of ether oxygens (including phenoxy) is 1. The molecule has 154 valence electrons. The summed E-state index contributed by atoms with van der Waals surface area (Å²) in [5, 5.41) is 10.4. The van der Waals surface area contributed by atoms with E-state index in [2.05, 4.69) is 34.1 Å². The largest absolute Gasteiger partial charge is 0.491 e. The molecule has 2 aromatic carbocycles. The molecule has 0 amide bonds. The Morgan fingerprint density at radius 2 is 1.90 bits per heavy atom. The highest BCUT2D eigenvalue weighted by molar-refractivity contribution is 5.97. The van der Waals surface area contributed by atoms with Gasteiger partial charge in [0.05, 0.1) is 6.42 Å². The second-order valence-electron chi connectivity index (χ2n) is 7.67. The third-order valence-electron chi connectivity index (χ3n) is 5.34. The van der Waals surface area contributed by atoms with E-state index >= 15 is 0 Å². The van der Waals surface area contributed by atoms with Crippen LogP contribution >= 0.6 is 0 Å². The molecule has 4 rings (SSSR count). The molecule has 0 bridgehead atoms. The van der Waals surface area contributed by atoms with Crippen LogP contribution in [0.1, 0.15) is 27.2 Å². The van der Waals surface area contributed by atoms with Crippen LogP contribution < -0.4 is 4.74 Å². The Labute approximate surface area is 177 Å². The van der Waals surface area contributed by atoms with E-state index in [1.54, 1.807) is 30.5 Å². The zero-order valence-corrected chi connectivity index (χ0v) is 16.9. The highest BCUT2D eigenvalue weighted by Crippen LogP contribution is 2.19. The molecule has 1 aromatic heterocycles. The Hall–Kier alpha value is -3.02. The number of rotatable bonds is 8. The van der Waals surface area contributed by atoms with Gasteiger partial charge in [-0.15, -0.1) is 0 Å². The summed E-state index contributed by atoms with van der Waals surface area (Å²) < 4.78 is 5.78. The van der Waals surface area contributed by atoms with Crippen molar-refractivity contribution in [1.82, 2.24) is 9.88 Å². The fourth-order valence-electron chi connectivity index (χ4n) is 3.78. The second kappa shape index (κ2) is 9.65. The highest BCUT2D eigenvalue weighted by atomic mass is 16.5. The number of ketones is 1. The van der Waals surface area contributed by atoms with Gasteiger partial charge in [0.1, 0.15) is 18.5 Å². The zero-order valence-electron chi connectivity index (χ0n) is 16.9. The third kappa shape index (κ3) is 5.32. The van der Waals surface area contributed by atoms with E-state index in [9.17, 15) is 9.90 Å². The molecule has 0 fully saturated rings. The van der Waals surface area contributed by atoms with Crippen molar-refractivity contribution < 1.29 is 14.6 Å². The fraction of sp³-hybridized carbons (Fsp3) is 0.280. The molecule has 30 heavy (non-hydrogen) atoms. The second-order valence-corrected chi connectivity index (χ2v) is 7.67. The van der Waals surface area contributed by atoms with Crippen LogP contribution in [0.15, 0.2) is 72.9 Å². The number of nitrogens with zero attached hydrogens (tertiary/aromatic N) is 2. The Kier molecular flexibility index (Phi) is 6.52. The number of benzene rings is 2. The predicted molar refractivity (Wildman–Crippen MR) is 116 cm³/mol. The van der Waals surface area contributed by atoms with Crippen molar-refractivity contribution in [2.24, 2.45) is 0 Å². The molecule has 0 saturated carbocycles. The van der Waals surface area contributed by atoms with Crippen molar-refractivity contribution in [1.29, 1.82) is 0 Å². The molecule has 1 atom stereocenters. The number of hydrogen-bond acceptors (Lipinski definition) is 5. The van der Waals surface area contributed by atoms with Crippen molar-refractivity contribution >= 4 is 5.78 Å². The van der Waals surface area contributed by atoms with Gasteiger partial charge in [0.2, 0.25) is 0 Å². The summed E-state index contributed by atoms with van der Waals surface area (Å²) in [7, 11) is 0. The van der Waals surface area contributed by atoms with Crippen molar-refractivity contribution in [2.45, 2.75) is 25.5 Å². The van der Waals surface area contributed by atoms with Crippen LogP contribution in [-0.2, 0) is 19.4 Å². The highest BCUT2D eigenvalue weighted by Gasteiger charge is 2.19. The lowest BCUT2D eigenvalue weighted by atomic mass is 10.00. The van der Waals surface area contributed by atoms with Gasteiger partial charge in [0.15, 0.2) is 5.78 Å². The maximum atomic E-state index is 12.5. The van der Waals surface area contributed by atoms with Crippen LogP contribution in [0.5, 0.6) is 5.75 Å². The van der Waals surface area contributed by atoms with Gasteiger partial charge in [-0.3, -0.25) is 14.7 Å². The first-order valence-corrected chi connectivity index (χ1v) is 10.3. The minimum absolute atomic E-state index is 0.00770. The quantitative estimate of drug-likeness (QED) is 0.586. The molecule has 1 aliphatic heterocycles. The summed E-state index contributed by atoms with van der Waals surface area (Å²) in [6.07, 6.45) is 2.35. The van der Waals surface area contributed by atoms with Gasteiger partial charge in [-0.25, -0.2) is 0 Å². The Balaban J connectivity index is 1.28. The van der Waals surface area contributed by atoms with E-state index in [4.69, 9.17) is 4.74 Å². The number of carbonyl (C=O) groups excluding carboxylic acids is 1. The molecule has 5 heteroatoms. The number of β-amino-alcohol motifs (C(OH)–C–C–N with tert-alkyl or cyclic N) is 1. The van der Waals surface area contributed by atoms with Crippen LogP contribution in [0.4, 0.5) is 0 Å². The molecule has 0 aliphatic carbocycles. The predicted octanol–water partition coefficient (Wildman–Crippen LogP) is 3.31. The summed E-state index contributed by atoms with van der Waals surface area (Å²) >= 11 is 0. The molecule has 5 nitrogen and oxygen atoms in total. The normalized spacial score (nSPS) is 14.7. The SMILES string of the molecule is O=C(Cc1ccccn1)c1cccc(OCC(O)CN2CCc3ccccc3C2)c1. The first kappa shape index (κ1) is 20.3. The zero-order chi connectivity index (χ0) is 20.8. The maximum absolute atomic E-state index is 12.5. The molecule has 2 heterocycles. The van der Waals surface area contributed by atoms with E-state index in [0.717, 1.165) is 25.2 Å². The average Bonchev–Trinajstić information content (AvgIpc) is 2.78. The van der Waals surface area contributed by atoms with E-state index in [-0.39, 0.29) is 18.8 Å². The Morgan fingerprint density at radius 3 is 2.73 bits per heavy atom. The number of fused-ring (bicyclic) bond motifs is 1. The standard InChI is InChI=1S/C25H26N2O3/c28-23(17-27-13-11-19-6-1-2-7-21(19)16-27)18-30-24-10-5-8-20(14-24)25(29)15-22-9-3-4-12-26-22/h1-10,12,14,23,28H,11,13,15-18H2. The summed E-state index contributed by atoms with van der Waals surface area (Å²) in [5.41, 5.74) is 4.05.